The van der Waals surface area contributed by atoms with Crippen molar-refractivity contribution < 1.29 is 0 Å². The third-order valence-electron chi connectivity index (χ3n) is 3.80. The monoisotopic (exact) mass is 350 g/mol. The van der Waals surface area contributed by atoms with Crippen molar-refractivity contribution in [3.8, 4) is 0 Å². The Labute approximate surface area is 132 Å². The first-order valence-electron chi connectivity index (χ1n) is 7.21. The quantitative estimate of drug-likeness (QED) is 0.910. The number of fused-ring (bicyclic) bond motifs is 1. The molecule has 0 saturated carbocycles. The molecule has 1 saturated heterocycles. The van der Waals surface area contributed by atoms with Gasteiger partial charge in [0.2, 0.25) is 0 Å². The fourth-order valence-electron chi connectivity index (χ4n) is 2.84. The van der Waals surface area contributed by atoms with Gasteiger partial charge in [0, 0.05) is 35.9 Å². The van der Waals surface area contributed by atoms with Crippen LogP contribution in [-0.4, -0.2) is 40.5 Å². The molecule has 0 radical (unpaired) electrons. The van der Waals surface area contributed by atoms with Gasteiger partial charge in [-0.2, -0.15) is 0 Å². The van der Waals surface area contributed by atoms with Crippen LogP contribution in [0.4, 0.5) is 0 Å². The van der Waals surface area contributed by atoms with Gasteiger partial charge in [-0.05, 0) is 54.5 Å². The van der Waals surface area contributed by atoms with Crippen LogP contribution in [0.25, 0.3) is 5.65 Å². The van der Waals surface area contributed by atoms with Crippen molar-refractivity contribution in [2.75, 3.05) is 20.1 Å². The highest BCUT2D eigenvalue weighted by molar-refractivity contribution is 9.10. The van der Waals surface area contributed by atoms with E-state index in [1.54, 1.807) is 16.7 Å². The molecule has 0 aromatic carbocycles. The van der Waals surface area contributed by atoms with E-state index in [0.29, 0.717) is 18.2 Å². The average Bonchev–Trinajstić information content (AvgIpc) is 2.92. The summed E-state index contributed by atoms with van der Waals surface area (Å²) in [6, 6.07) is 5.94. The molecule has 3 rings (SSSR count). The first kappa shape index (κ1) is 14.7. The maximum absolute atomic E-state index is 12.1. The van der Waals surface area contributed by atoms with E-state index in [9.17, 15) is 4.79 Å². The van der Waals surface area contributed by atoms with Crippen LogP contribution in [0.5, 0.6) is 0 Å². The predicted molar refractivity (Wildman–Crippen MR) is 86.5 cm³/mol. The Kier molecular flexibility index (Phi) is 4.37. The van der Waals surface area contributed by atoms with Crippen LogP contribution in [0.1, 0.15) is 18.5 Å². The van der Waals surface area contributed by atoms with Crippen LogP contribution in [0, 0.1) is 0 Å². The van der Waals surface area contributed by atoms with E-state index in [0.717, 1.165) is 23.3 Å². The summed E-state index contributed by atoms with van der Waals surface area (Å²) in [4.78, 5) is 18.9. The Bertz CT molecular complexity index is 694. The Morgan fingerprint density at radius 2 is 2.38 bits per heavy atom. The zero-order valence-corrected chi connectivity index (χ0v) is 13.6. The van der Waals surface area contributed by atoms with Crippen LogP contribution < -0.4 is 10.9 Å². The number of likely N-dealkylation sites (N-methyl/N-ethyl adjacent to an activating group) is 1. The summed E-state index contributed by atoms with van der Waals surface area (Å²) in [6.07, 6.45) is 4.23. The largest absolute Gasteiger partial charge is 0.313 e. The lowest BCUT2D eigenvalue weighted by atomic mass is 10.2. The van der Waals surface area contributed by atoms with Crippen molar-refractivity contribution >= 4 is 21.6 Å². The molecule has 112 valence electrons. The maximum atomic E-state index is 12.1. The molecule has 0 bridgehead atoms. The van der Waals surface area contributed by atoms with Gasteiger partial charge in [-0.25, -0.2) is 4.98 Å². The van der Waals surface area contributed by atoms with E-state index in [1.165, 1.54) is 12.8 Å². The van der Waals surface area contributed by atoms with Gasteiger partial charge >= 0.3 is 0 Å². The van der Waals surface area contributed by atoms with Crippen molar-refractivity contribution in [2.45, 2.75) is 25.4 Å². The number of hydrogen-bond acceptors (Lipinski definition) is 4. The van der Waals surface area contributed by atoms with Crippen LogP contribution in [0.15, 0.2) is 33.7 Å². The van der Waals surface area contributed by atoms with E-state index in [1.807, 2.05) is 12.1 Å². The van der Waals surface area contributed by atoms with E-state index in [2.05, 4.69) is 38.2 Å². The Morgan fingerprint density at radius 3 is 3.14 bits per heavy atom. The van der Waals surface area contributed by atoms with E-state index < -0.39 is 0 Å². The Morgan fingerprint density at radius 1 is 1.52 bits per heavy atom. The standard InChI is InChI=1S/C15H19BrN4O/c1-19(9-12-3-2-6-17-12)10-13-7-15(21)20-8-11(16)4-5-14(20)18-13/h4-5,7-8,12,17H,2-3,6,9-10H2,1H3. The topological polar surface area (TPSA) is 49.6 Å². The van der Waals surface area contributed by atoms with E-state index >= 15 is 0 Å². The van der Waals surface area contributed by atoms with Crippen molar-refractivity contribution in [3.05, 3.63) is 44.9 Å². The molecule has 6 heteroatoms. The van der Waals surface area contributed by atoms with Crippen LogP contribution >= 0.6 is 15.9 Å². The third kappa shape index (κ3) is 3.51. The second-order valence-electron chi connectivity index (χ2n) is 5.65. The molecule has 1 aliphatic rings. The minimum atomic E-state index is -0.0382. The maximum Gasteiger partial charge on any atom is 0.258 e. The Hall–Kier alpha value is -1.24. The highest BCUT2D eigenvalue weighted by Crippen LogP contribution is 2.11. The van der Waals surface area contributed by atoms with Gasteiger partial charge in [-0.15, -0.1) is 0 Å². The molecule has 0 spiro atoms. The van der Waals surface area contributed by atoms with Crippen LogP contribution in [-0.2, 0) is 6.54 Å². The van der Waals surface area contributed by atoms with E-state index in [-0.39, 0.29) is 5.56 Å². The second kappa shape index (κ2) is 6.25. The highest BCUT2D eigenvalue weighted by Gasteiger charge is 2.16. The number of aromatic nitrogens is 2. The summed E-state index contributed by atoms with van der Waals surface area (Å²) >= 11 is 3.37. The molecule has 2 aromatic heterocycles. The molecule has 0 amide bonds. The molecule has 1 unspecified atom stereocenters. The summed E-state index contributed by atoms with van der Waals surface area (Å²) in [5, 5.41) is 3.49. The van der Waals surface area contributed by atoms with Gasteiger partial charge in [-0.1, -0.05) is 0 Å². The van der Waals surface area contributed by atoms with Crippen molar-refractivity contribution in [1.82, 2.24) is 19.6 Å². The summed E-state index contributed by atoms with van der Waals surface area (Å²) < 4.78 is 2.43. The van der Waals surface area contributed by atoms with Gasteiger partial charge in [-0.3, -0.25) is 14.1 Å². The lowest BCUT2D eigenvalue weighted by Crippen LogP contribution is -2.35. The fraction of sp³-hybridized carbons (Fsp3) is 0.467. The zero-order chi connectivity index (χ0) is 14.8. The van der Waals surface area contributed by atoms with Crippen molar-refractivity contribution in [3.63, 3.8) is 0 Å². The minimum absolute atomic E-state index is 0.0382. The lowest BCUT2D eigenvalue weighted by molar-refractivity contribution is 0.290. The summed E-state index contributed by atoms with van der Waals surface area (Å²) in [5.41, 5.74) is 1.47. The van der Waals surface area contributed by atoms with Crippen molar-refractivity contribution in [2.24, 2.45) is 0 Å². The molecule has 1 N–H and O–H groups in total. The molecular formula is C15H19BrN4O. The summed E-state index contributed by atoms with van der Waals surface area (Å²) in [6.45, 7) is 2.80. The van der Waals surface area contributed by atoms with Gasteiger partial charge in [0.05, 0.1) is 5.69 Å². The van der Waals surface area contributed by atoms with Gasteiger partial charge in [0.15, 0.2) is 0 Å². The predicted octanol–water partition coefficient (Wildman–Crippen LogP) is 1.64. The highest BCUT2D eigenvalue weighted by atomic mass is 79.9. The number of nitrogens with zero attached hydrogens (tertiary/aromatic N) is 3. The molecule has 1 atom stereocenters. The normalized spacial score (nSPS) is 18.7. The fourth-order valence-corrected chi connectivity index (χ4v) is 3.17. The summed E-state index contributed by atoms with van der Waals surface area (Å²) in [5.74, 6) is 0. The van der Waals surface area contributed by atoms with Gasteiger partial charge < -0.3 is 5.32 Å². The van der Waals surface area contributed by atoms with Crippen LogP contribution in [0.2, 0.25) is 0 Å². The smallest absolute Gasteiger partial charge is 0.258 e. The molecule has 0 aliphatic carbocycles. The average molecular weight is 351 g/mol. The number of halogens is 1. The molecule has 1 fully saturated rings. The molecule has 3 heterocycles. The molecule has 1 aliphatic heterocycles. The van der Waals surface area contributed by atoms with Gasteiger partial charge in [0.1, 0.15) is 5.65 Å². The van der Waals surface area contributed by atoms with Gasteiger partial charge in [0.25, 0.3) is 5.56 Å². The number of pyridine rings is 1. The molecule has 5 nitrogen and oxygen atoms in total. The Balaban J connectivity index is 1.77. The van der Waals surface area contributed by atoms with Crippen LogP contribution in [0.3, 0.4) is 0 Å². The molecule has 2 aromatic rings. The molecule has 21 heavy (non-hydrogen) atoms. The first-order chi connectivity index (χ1) is 10.1. The summed E-state index contributed by atoms with van der Waals surface area (Å²) in [7, 11) is 2.07. The third-order valence-corrected chi connectivity index (χ3v) is 4.27. The van der Waals surface area contributed by atoms with E-state index in [4.69, 9.17) is 0 Å². The zero-order valence-electron chi connectivity index (χ0n) is 12.1. The second-order valence-corrected chi connectivity index (χ2v) is 6.57. The first-order valence-corrected chi connectivity index (χ1v) is 8.01. The number of hydrogen-bond donors (Lipinski definition) is 1. The number of nitrogens with one attached hydrogen (secondary N) is 1. The molecular weight excluding hydrogens is 332 g/mol. The van der Waals surface area contributed by atoms with Crippen molar-refractivity contribution in [1.29, 1.82) is 0 Å². The minimum Gasteiger partial charge on any atom is -0.313 e. The SMILES string of the molecule is CN(Cc1cc(=O)n2cc(Br)ccc2n1)CC1CCCN1. The number of rotatable bonds is 4. The lowest BCUT2D eigenvalue weighted by Gasteiger charge is -2.20.